The van der Waals surface area contributed by atoms with Crippen LogP contribution in [0.3, 0.4) is 0 Å². The lowest BCUT2D eigenvalue weighted by Crippen LogP contribution is -2.37. The SMILES string of the molecule is CCc1ccc(N(CC(=O)Nc2ccccc2Sc2ccccc2)S(C)(=O)=O)cc1. The van der Waals surface area contributed by atoms with Gasteiger partial charge in [-0.2, -0.15) is 0 Å². The number of benzene rings is 3. The number of hydrogen-bond acceptors (Lipinski definition) is 4. The van der Waals surface area contributed by atoms with Gasteiger partial charge in [0.25, 0.3) is 0 Å². The lowest BCUT2D eigenvalue weighted by atomic mass is 10.1. The molecule has 0 aliphatic carbocycles. The Morgan fingerprint density at radius 1 is 0.933 bits per heavy atom. The van der Waals surface area contributed by atoms with E-state index in [1.165, 1.54) is 11.8 Å². The number of aryl methyl sites for hydroxylation is 1. The second-order valence-electron chi connectivity index (χ2n) is 6.75. The number of hydrogen-bond donors (Lipinski definition) is 1. The Kier molecular flexibility index (Phi) is 7.18. The highest BCUT2D eigenvalue weighted by Gasteiger charge is 2.21. The van der Waals surface area contributed by atoms with E-state index in [9.17, 15) is 13.2 Å². The Morgan fingerprint density at radius 2 is 1.57 bits per heavy atom. The fraction of sp³-hybridized carbons (Fsp3) is 0.174. The molecule has 0 spiro atoms. The highest BCUT2D eigenvalue weighted by molar-refractivity contribution is 7.99. The van der Waals surface area contributed by atoms with Gasteiger partial charge in [-0.3, -0.25) is 9.10 Å². The van der Waals surface area contributed by atoms with Crippen LogP contribution in [-0.2, 0) is 21.2 Å². The van der Waals surface area contributed by atoms with Gasteiger partial charge in [-0.1, -0.05) is 61.2 Å². The van der Waals surface area contributed by atoms with Crippen molar-refractivity contribution in [3.8, 4) is 0 Å². The molecule has 0 saturated carbocycles. The zero-order valence-electron chi connectivity index (χ0n) is 16.9. The minimum absolute atomic E-state index is 0.297. The first-order valence-corrected chi connectivity index (χ1v) is 12.2. The molecule has 0 aliphatic heterocycles. The van der Waals surface area contributed by atoms with Crippen molar-refractivity contribution in [3.05, 3.63) is 84.4 Å². The number of carbonyl (C=O) groups is 1. The third-order valence-electron chi connectivity index (χ3n) is 4.45. The summed E-state index contributed by atoms with van der Waals surface area (Å²) in [6.45, 7) is 1.73. The highest BCUT2D eigenvalue weighted by atomic mass is 32.2. The van der Waals surface area contributed by atoms with Crippen LogP contribution in [0.15, 0.2) is 88.7 Å². The maximum Gasteiger partial charge on any atom is 0.245 e. The molecule has 0 heterocycles. The summed E-state index contributed by atoms with van der Waals surface area (Å²) in [6, 6.07) is 24.5. The lowest BCUT2D eigenvalue weighted by molar-refractivity contribution is -0.114. The van der Waals surface area contributed by atoms with Crippen molar-refractivity contribution >= 4 is 39.1 Å². The number of nitrogens with zero attached hydrogens (tertiary/aromatic N) is 1. The second-order valence-corrected chi connectivity index (χ2v) is 9.77. The first kappa shape index (κ1) is 21.9. The molecular weight excluding hydrogens is 416 g/mol. The van der Waals surface area contributed by atoms with Gasteiger partial charge in [0.05, 0.1) is 17.6 Å². The van der Waals surface area contributed by atoms with Crippen LogP contribution in [-0.4, -0.2) is 27.1 Å². The van der Waals surface area contributed by atoms with Crippen molar-refractivity contribution in [2.24, 2.45) is 0 Å². The summed E-state index contributed by atoms with van der Waals surface area (Å²) in [7, 11) is -3.62. The Hall–Kier alpha value is -2.77. The smallest absolute Gasteiger partial charge is 0.245 e. The fourth-order valence-corrected chi connectivity index (χ4v) is 4.67. The third kappa shape index (κ3) is 5.87. The van der Waals surface area contributed by atoms with Crippen LogP contribution in [0.4, 0.5) is 11.4 Å². The minimum atomic E-state index is -3.62. The molecule has 3 aromatic rings. The van der Waals surface area contributed by atoms with E-state index in [0.29, 0.717) is 11.4 Å². The van der Waals surface area contributed by atoms with Crippen molar-refractivity contribution in [3.63, 3.8) is 0 Å². The molecule has 0 fully saturated rings. The largest absolute Gasteiger partial charge is 0.323 e. The molecule has 1 amide bonds. The summed E-state index contributed by atoms with van der Waals surface area (Å²) in [5, 5.41) is 2.86. The van der Waals surface area contributed by atoms with E-state index in [1.807, 2.05) is 73.7 Å². The van der Waals surface area contributed by atoms with E-state index in [-0.39, 0.29) is 6.54 Å². The monoisotopic (exact) mass is 440 g/mol. The van der Waals surface area contributed by atoms with Crippen molar-refractivity contribution in [1.82, 2.24) is 0 Å². The zero-order valence-corrected chi connectivity index (χ0v) is 18.5. The second kappa shape index (κ2) is 9.82. The maximum absolute atomic E-state index is 12.7. The average Bonchev–Trinajstić information content (AvgIpc) is 2.73. The Bertz CT molecular complexity index is 1100. The molecule has 3 rings (SSSR count). The number of anilines is 2. The number of sulfonamides is 1. The van der Waals surface area contributed by atoms with Gasteiger partial charge in [0.2, 0.25) is 15.9 Å². The number of para-hydroxylation sites is 1. The van der Waals surface area contributed by atoms with E-state index in [2.05, 4.69) is 5.32 Å². The van der Waals surface area contributed by atoms with Crippen LogP contribution in [0.2, 0.25) is 0 Å². The molecule has 3 aromatic carbocycles. The van der Waals surface area contributed by atoms with E-state index >= 15 is 0 Å². The predicted molar refractivity (Wildman–Crippen MR) is 124 cm³/mol. The average molecular weight is 441 g/mol. The molecule has 0 aromatic heterocycles. The topological polar surface area (TPSA) is 66.5 Å². The standard InChI is InChI=1S/C23H24N2O3S2/c1-3-18-13-15-19(16-14-18)25(30(2,27)28)17-23(26)24-21-11-7-8-12-22(21)29-20-9-5-4-6-10-20/h4-16H,3,17H2,1-2H3,(H,24,26). The van der Waals surface area contributed by atoms with E-state index in [4.69, 9.17) is 0 Å². The highest BCUT2D eigenvalue weighted by Crippen LogP contribution is 2.33. The Balaban J connectivity index is 1.77. The molecule has 0 radical (unpaired) electrons. The minimum Gasteiger partial charge on any atom is -0.323 e. The third-order valence-corrected chi connectivity index (χ3v) is 6.68. The van der Waals surface area contributed by atoms with Gasteiger partial charge in [-0.05, 0) is 48.4 Å². The number of carbonyl (C=O) groups excluding carboxylic acids is 1. The van der Waals surface area contributed by atoms with Crippen LogP contribution < -0.4 is 9.62 Å². The van der Waals surface area contributed by atoms with Crippen molar-refractivity contribution in [2.45, 2.75) is 23.1 Å². The summed E-state index contributed by atoms with van der Waals surface area (Å²) in [5.74, 6) is -0.402. The molecule has 0 saturated heterocycles. The van der Waals surface area contributed by atoms with Crippen LogP contribution in [0.5, 0.6) is 0 Å². The molecule has 7 heteroatoms. The van der Waals surface area contributed by atoms with Gasteiger partial charge >= 0.3 is 0 Å². The van der Waals surface area contributed by atoms with E-state index in [0.717, 1.165) is 32.3 Å². The van der Waals surface area contributed by atoms with Crippen LogP contribution >= 0.6 is 11.8 Å². The quantitative estimate of drug-likeness (QED) is 0.546. The maximum atomic E-state index is 12.7. The molecule has 0 unspecified atom stereocenters. The molecule has 0 aliphatic rings. The predicted octanol–water partition coefficient (Wildman–Crippen LogP) is 4.80. The first-order chi connectivity index (χ1) is 14.4. The summed E-state index contributed by atoms with van der Waals surface area (Å²) in [5.41, 5.74) is 2.21. The van der Waals surface area contributed by atoms with E-state index in [1.54, 1.807) is 12.1 Å². The molecule has 1 N–H and O–H groups in total. The first-order valence-electron chi connectivity index (χ1n) is 9.55. The van der Waals surface area contributed by atoms with Crippen LogP contribution in [0.25, 0.3) is 0 Å². The summed E-state index contributed by atoms with van der Waals surface area (Å²) in [6.07, 6.45) is 1.96. The summed E-state index contributed by atoms with van der Waals surface area (Å²) >= 11 is 1.53. The van der Waals surface area contributed by atoms with Gasteiger partial charge in [0.15, 0.2) is 0 Å². The molecule has 0 atom stereocenters. The number of rotatable bonds is 8. The molecular formula is C23H24N2O3S2. The van der Waals surface area contributed by atoms with Gasteiger partial charge in [0, 0.05) is 9.79 Å². The number of nitrogens with one attached hydrogen (secondary N) is 1. The van der Waals surface area contributed by atoms with Crippen LogP contribution in [0.1, 0.15) is 12.5 Å². The van der Waals surface area contributed by atoms with Crippen molar-refractivity contribution in [1.29, 1.82) is 0 Å². The summed E-state index contributed by atoms with van der Waals surface area (Å²) < 4.78 is 25.8. The molecule has 30 heavy (non-hydrogen) atoms. The van der Waals surface area contributed by atoms with Crippen molar-refractivity contribution in [2.75, 3.05) is 22.4 Å². The van der Waals surface area contributed by atoms with Gasteiger partial charge in [-0.25, -0.2) is 8.42 Å². The van der Waals surface area contributed by atoms with Crippen LogP contribution in [0, 0.1) is 0 Å². The zero-order chi connectivity index (χ0) is 21.6. The molecule has 5 nitrogen and oxygen atoms in total. The van der Waals surface area contributed by atoms with E-state index < -0.39 is 15.9 Å². The van der Waals surface area contributed by atoms with Gasteiger partial charge < -0.3 is 5.32 Å². The normalized spacial score (nSPS) is 11.1. The Morgan fingerprint density at radius 3 is 2.20 bits per heavy atom. The number of amides is 1. The fourth-order valence-electron chi connectivity index (χ4n) is 2.89. The van der Waals surface area contributed by atoms with Gasteiger partial charge in [0.1, 0.15) is 6.54 Å². The lowest BCUT2D eigenvalue weighted by Gasteiger charge is -2.22. The Labute approximate surface area is 182 Å². The molecule has 156 valence electrons. The van der Waals surface area contributed by atoms with Crippen molar-refractivity contribution < 1.29 is 13.2 Å². The van der Waals surface area contributed by atoms with Gasteiger partial charge in [-0.15, -0.1) is 0 Å². The molecule has 0 bridgehead atoms. The summed E-state index contributed by atoms with van der Waals surface area (Å²) in [4.78, 5) is 14.7.